The number of carbonyl (C=O) groups excluding carboxylic acids is 1. The third-order valence-corrected chi connectivity index (χ3v) is 7.37. The molecule has 29 heavy (non-hydrogen) atoms. The summed E-state index contributed by atoms with van der Waals surface area (Å²) in [7, 11) is 0. The highest BCUT2D eigenvalue weighted by Gasteiger charge is 2.43. The van der Waals surface area contributed by atoms with Gasteiger partial charge < -0.3 is 14.8 Å². The average Bonchev–Trinajstić information content (AvgIpc) is 2.69. The van der Waals surface area contributed by atoms with Crippen molar-refractivity contribution < 1.29 is 14.3 Å². The molecular weight excluding hydrogens is 362 g/mol. The third kappa shape index (κ3) is 4.69. The summed E-state index contributed by atoms with van der Waals surface area (Å²) in [6.07, 6.45) is 9.01. The van der Waals surface area contributed by atoms with E-state index in [1.807, 2.05) is 12.1 Å². The standard InChI is InChI=1S/C25H35NO3/c1-16-13-17(2)24-18(3)22(16)15-28-23(24)14-19-9-11-21(12-10-19)29-25(27)26-20-7-5-4-6-8-20/h9-13,16,18,20,22-24H,4-8,14-15H2,1-3H3,(H,26,27)/t16-,18-,22-,23+,24+/m0/s1. The van der Waals surface area contributed by atoms with Crippen molar-refractivity contribution in [1.29, 1.82) is 0 Å². The number of carbonyl (C=O) groups is 1. The topological polar surface area (TPSA) is 47.6 Å². The van der Waals surface area contributed by atoms with Crippen LogP contribution in [0.3, 0.4) is 0 Å². The molecule has 0 aromatic heterocycles. The fraction of sp³-hybridized carbons (Fsp3) is 0.640. The summed E-state index contributed by atoms with van der Waals surface area (Å²) in [5, 5.41) is 3.00. The normalized spacial score (nSPS) is 32.4. The Kier molecular flexibility index (Phi) is 6.29. The number of hydrogen-bond acceptors (Lipinski definition) is 3. The van der Waals surface area contributed by atoms with Gasteiger partial charge in [0.1, 0.15) is 5.75 Å². The Morgan fingerprint density at radius 1 is 1.14 bits per heavy atom. The van der Waals surface area contributed by atoms with E-state index in [0.29, 0.717) is 29.4 Å². The smallest absolute Gasteiger partial charge is 0.410 e. The Labute approximate surface area is 175 Å². The lowest BCUT2D eigenvalue weighted by Crippen LogP contribution is -2.47. The summed E-state index contributed by atoms with van der Waals surface area (Å²) in [6.45, 7) is 7.82. The van der Waals surface area contributed by atoms with E-state index in [1.54, 1.807) is 0 Å². The van der Waals surface area contributed by atoms with Crippen molar-refractivity contribution >= 4 is 6.09 Å². The molecule has 2 fully saturated rings. The molecule has 0 spiro atoms. The Bertz CT molecular complexity index is 735. The zero-order valence-corrected chi connectivity index (χ0v) is 18.0. The molecule has 4 rings (SSSR count). The molecule has 1 saturated heterocycles. The Morgan fingerprint density at radius 2 is 1.86 bits per heavy atom. The van der Waals surface area contributed by atoms with Gasteiger partial charge in [0.15, 0.2) is 0 Å². The molecule has 1 aromatic carbocycles. The fourth-order valence-corrected chi connectivity index (χ4v) is 5.74. The van der Waals surface area contributed by atoms with Crippen molar-refractivity contribution in [3.05, 3.63) is 41.5 Å². The Balaban J connectivity index is 1.33. The van der Waals surface area contributed by atoms with Gasteiger partial charge in [-0.3, -0.25) is 0 Å². The number of allylic oxidation sites excluding steroid dienone is 1. The molecule has 4 nitrogen and oxygen atoms in total. The van der Waals surface area contributed by atoms with E-state index in [4.69, 9.17) is 9.47 Å². The van der Waals surface area contributed by atoms with Gasteiger partial charge in [-0.05, 0) is 61.6 Å². The predicted molar refractivity (Wildman–Crippen MR) is 115 cm³/mol. The van der Waals surface area contributed by atoms with Gasteiger partial charge in [0, 0.05) is 12.0 Å². The lowest BCUT2D eigenvalue weighted by Gasteiger charge is -2.47. The molecule has 2 aliphatic carbocycles. The van der Waals surface area contributed by atoms with Gasteiger partial charge in [-0.25, -0.2) is 4.79 Å². The molecule has 5 atom stereocenters. The van der Waals surface area contributed by atoms with Crippen LogP contribution in [0.4, 0.5) is 4.79 Å². The lowest BCUT2D eigenvalue weighted by molar-refractivity contribution is -0.0901. The van der Waals surface area contributed by atoms with E-state index in [2.05, 4.69) is 44.3 Å². The van der Waals surface area contributed by atoms with Crippen LogP contribution in [0, 0.1) is 23.7 Å². The first-order valence-electron chi connectivity index (χ1n) is 11.4. The van der Waals surface area contributed by atoms with E-state index in [9.17, 15) is 4.79 Å². The van der Waals surface area contributed by atoms with Crippen LogP contribution in [0.5, 0.6) is 5.75 Å². The highest BCUT2D eigenvalue weighted by atomic mass is 16.6. The molecule has 1 N–H and O–H groups in total. The van der Waals surface area contributed by atoms with E-state index in [1.165, 1.54) is 30.4 Å². The second-order valence-corrected chi connectivity index (χ2v) is 9.41. The molecule has 1 aromatic rings. The maximum Gasteiger partial charge on any atom is 0.412 e. The first kappa shape index (κ1) is 20.5. The molecule has 1 saturated carbocycles. The number of amides is 1. The van der Waals surface area contributed by atoms with Crippen LogP contribution in [0.2, 0.25) is 0 Å². The van der Waals surface area contributed by atoms with Crippen molar-refractivity contribution in [2.24, 2.45) is 23.7 Å². The zero-order chi connectivity index (χ0) is 20.4. The van der Waals surface area contributed by atoms with Crippen molar-refractivity contribution in [2.45, 2.75) is 71.4 Å². The van der Waals surface area contributed by atoms with Crippen LogP contribution in [0.25, 0.3) is 0 Å². The molecule has 1 aliphatic heterocycles. The van der Waals surface area contributed by atoms with E-state index >= 15 is 0 Å². The predicted octanol–water partition coefficient (Wildman–Crippen LogP) is 5.51. The molecule has 4 heteroatoms. The van der Waals surface area contributed by atoms with Crippen LogP contribution in [0.1, 0.15) is 58.4 Å². The number of rotatable bonds is 4. The van der Waals surface area contributed by atoms with Crippen LogP contribution < -0.4 is 10.1 Å². The largest absolute Gasteiger partial charge is 0.412 e. The second kappa shape index (κ2) is 8.91. The SMILES string of the molecule is CC1=C[C@H](C)[C@@H]2CO[C@H](Cc3ccc(OC(=O)NC4CCCCC4)cc3)[C@H]1[C@H]2C. The third-order valence-electron chi connectivity index (χ3n) is 7.37. The Morgan fingerprint density at radius 3 is 2.59 bits per heavy atom. The monoisotopic (exact) mass is 397 g/mol. The minimum atomic E-state index is -0.336. The molecule has 1 amide bonds. The average molecular weight is 398 g/mol. The minimum Gasteiger partial charge on any atom is -0.410 e. The molecule has 0 unspecified atom stereocenters. The summed E-state index contributed by atoms with van der Waals surface area (Å²) in [6, 6.07) is 8.19. The number of fused-ring (bicyclic) bond motifs is 2. The molecule has 3 aliphatic rings. The summed E-state index contributed by atoms with van der Waals surface area (Å²) < 4.78 is 11.8. The van der Waals surface area contributed by atoms with Gasteiger partial charge in [0.05, 0.1) is 12.7 Å². The highest BCUT2D eigenvalue weighted by Crippen LogP contribution is 2.45. The highest BCUT2D eigenvalue weighted by molar-refractivity contribution is 5.70. The lowest BCUT2D eigenvalue weighted by atomic mass is 9.65. The molecule has 1 heterocycles. The van der Waals surface area contributed by atoms with Gasteiger partial charge in [0.25, 0.3) is 0 Å². The molecule has 2 bridgehead atoms. The van der Waals surface area contributed by atoms with Crippen LogP contribution in [-0.4, -0.2) is 24.8 Å². The molecule has 0 radical (unpaired) electrons. The maximum absolute atomic E-state index is 12.1. The van der Waals surface area contributed by atoms with Gasteiger partial charge in [0.2, 0.25) is 0 Å². The Hall–Kier alpha value is -1.81. The first-order chi connectivity index (χ1) is 14.0. The maximum atomic E-state index is 12.1. The molecular formula is C25H35NO3. The summed E-state index contributed by atoms with van der Waals surface area (Å²) in [5.41, 5.74) is 2.71. The van der Waals surface area contributed by atoms with Crippen molar-refractivity contribution in [3.63, 3.8) is 0 Å². The zero-order valence-electron chi connectivity index (χ0n) is 18.0. The van der Waals surface area contributed by atoms with Crippen LogP contribution >= 0.6 is 0 Å². The van der Waals surface area contributed by atoms with Crippen LogP contribution in [0.15, 0.2) is 35.9 Å². The van der Waals surface area contributed by atoms with E-state index in [0.717, 1.165) is 25.9 Å². The summed E-state index contributed by atoms with van der Waals surface area (Å²) >= 11 is 0. The number of hydrogen-bond donors (Lipinski definition) is 1. The van der Waals surface area contributed by atoms with Crippen molar-refractivity contribution in [3.8, 4) is 5.75 Å². The van der Waals surface area contributed by atoms with Gasteiger partial charge in [-0.15, -0.1) is 0 Å². The number of ether oxygens (including phenoxy) is 2. The van der Waals surface area contributed by atoms with Gasteiger partial charge in [-0.1, -0.05) is 56.9 Å². The van der Waals surface area contributed by atoms with Crippen molar-refractivity contribution in [1.82, 2.24) is 5.32 Å². The van der Waals surface area contributed by atoms with E-state index in [-0.39, 0.29) is 18.2 Å². The first-order valence-corrected chi connectivity index (χ1v) is 11.4. The minimum absolute atomic E-state index is 0.228. The fourth-order valence-electron chi connectivity index (χ4n) is 5.74. The summed E-state index contributed by atoms with van der Waals surface area (Å²) in [4.78, 5) is 12.1. The quantitative estimate of drug-likeness (QED) is 0.681. The summed E-state index contributed by atoms with van der Waals surface area (Å²) in [5.74, 6) is 3.02. The van der Waals surface area contributed by atoms with E-state index < -0.39 is 0 Å². The van der Waals surface area contributed by atoms with Gasteiger partial charge in [-0.2, -0.15) is 0 Å². The van der Waals surface area contributed by atoms with Gasteiger partial charge >= 0.3 is 6.09 Å². The second-order valence-electron chi connectivity index (χ2n) is 9.41. The van der Waals surface area contributed by atoms with Crippen molar-refractivity contribution in [2.75, 3.05) is 6.61 Å². The number of nitrogens with one attached hydrogen (secondary N) is 1. The molecule has 158 valence electrons. The van der Waals surface area contributed by atoms with Crippen LogP contribution in [-0.2, 0) is 11.2 Å². The number of benzene rings is 1.